The van der Waals surface area contributed by atoms with Crippen LogP contribution in [-0.2, 0) is 0 Å². The molecule has 4 aromatic carbocycles. The van der Waals surface area contributed by atoms with Gasteiger partial charge in [-0.15, -0.1) is 0 Å². The quantitative estimate of drug-likeness (QED) is 0.337. The third-order valence-electron chi connectivity index (χ3n) is 6.76. The standard InChI is InChI=1S/C32H31N2OP/c35-32(27-16-6-1-7-17-27)33-31(26-34-24-14-5-15-25-34)36(28-18-8-2-9-19-28,29-20-10-3-11-21-29)30-22-12-4-13-23-30/h1-4,6-13,16-23,26H,5,14-15,24-25H2/p+1/b31-26+. The lowest BCUT2D eigenvalue weighted by molar-refractivity contribution is 0.0967. The van der Waals surface area contributed by atoms with E-state index in [-0.39, 0.29) is 5.91 Å². The lowest BCUT2D eigenvalue weighted by atomic mass is 10.1. The highest BCUT2D eigenvalue weighted by Crippen LogP contribution is 2.61. The zero-order valence-electron chi connectivity index (χ0n) is 20.5. The van der Waals surface area contributed by atoms with Crippen LogP contribution in [0.5, 0.6) is 0 Å². The molecule has 4 heteroatoms. The highest BCUT2D eigenvalue weighted by Gasteiger charge is 2.51. The lowest BCUT2D eigenvalue weighted by Gasteiger charge is -2.32. The fraction of sp³-hybridized carbons (Fsp3) is 0.156. The van der Waals surface area contributed by atoms with Crippen LogP contribution in [0, 0.1) is 0 Å². The van der Waals surface area contributed by atoms with Crippen molar-refractivity contribution in [2.75, 3.05) is 13.1 Å². The van der Waals surface area contributed by atoms with Crippen LogP contribution in [0.3, 0.4) is 0 Å². The van der Waals surface area contributed by atoms with Gasteiger partial charge in [-0.1, -0.05) is 72.8 Å². The molecule has 0 bridgehead atoms. The topological polar surface area (TPSA) is 32.3 Å². The highest BCUT2D eigenvalue weighted by molar-refractivity contribution is 7.99. The number of carbonyl (C=O) groups excluding carboxylic acids is 1. The van der Waals surface area contributed by atoms with Gasteiger partial charge in [0.15, 0.2) is 12.7 Å². The van der Waals surface area contributed by atoms with Crippen molar-refractivity contribution in [3.05, 3.63) is 139 Å². The number of nitrogens with zero attached hydrogens (tertiary/aromatic N) is 1. The monoisotopic (exact) mass is 491 g/mol. The van der Waals surface area contributed by atoms with Gasteiger partial charge in [0.25, 0.3) is 5.91 Å². The smallest absolute Gasteiger partial charge is 0.258 e. The second kappa shape index (κ2) is 11.4. The molecule has 36 heavy (non-hydrogen) atoms. The van der Waals surface area contributed by atoms with E-state index >= 15 is 0 Å². The normalized spacial score (nSPS) is 14.3. The number of nitrogens with one attached hydrogen (secondary N) is 1. The van der Waals surface area contributed by atoms with Crippen molar-refractivity contribution >= 4 is 29.1 Å². The predicted octanol–water partition coefficient (Wildman–Crippen LogP) is 5.70. The molecular weight excluding hydrogens is 459 g/mol. The molecule has 0 aromatic heterocycles. The summed E-state index contributed by atoms with van der Waals surface area (Å²) in [5.74, 6) is -0.0778. The first kappa shape index (κ1) is 24.0. The lowest BCUT2D eigenvalue weighted by Crippen LogP contribution is -2.39. The van der Waals surface area contributed by atoms with Gasteiger partial charge < -0.3 is 4.90 Å². The van der Waals surface area contributed by atoms with E-state index < -0.39 is 7.26 Å². The van der Waals surface area contributed by atoms with Crippen LogP contribution in [0.1, 0.15) is 29.6 Å². The maximum absolute atomic E-state index is 13.7. The summed E-state index contributed by atoms with van der Waals surface area (Å²) in [7, 11) is -2.42. The molecule has 0 radical (unpaired) electrons. The number of carbonyl (C=O) groups is 1. The van der Waals surface area contributed by atoms with Crippen LogP contribution in [0.15, 0.2) is 133 Å². The van der Waals surface area contributed by atoms with Gasteiger partial charge in [-0.2, -0.15) is 0 Å². The maximum Gasteiger partial charge on any atom is 0.258 e. The van der Waals surface area contributed by atoms with Crippen LogP contribution in [0.2, 0.25) is 0 Å². The van der Waals surface area contributed by atoms with Crippen LogP contribution < -0.4 is 21.2 Å². The molecule has 0 aliphatic carbocycles. The summed E-state index contributed by atoms with van der Waals surface area (Å²) in [5, 5.41) is 7.11. The second-order valence-corrected chi connectivity index (χ2v) is 12.5. The van der Waals surface area contributed by atoms with Gasteiger partial charge in [-0.3, -0.25) is 10.1 Å². The minimum absolute atomic E-state index is 0.0778. The van der Waals surface area contributed by atoms with Gasteiger partial charge in [0, 0.05) is 18.7 Å². The van der Waals surface area contributed by atoms with E-state index in [0.29, 0.717) is 5.56 Å². The minimum Gasteiger partial charge on any atom is -0.373 e. The van der Waals surface area contributed by atoms with Crippen LogP contribution >= 0.6 is 7.26 Å². The molecule has 0 atom stereocenters. The Morgan fingerprint density at radius 3 is 1.47 bits per heavy atom. The molecule has 5 rings (SSSR count). The van der Waals surface area contributed by atoms with E-state index in [1.165, 1.54) is 35.2 Å². The van der Waals surface area contributed by atoms with Gasteiger partial charge in [-0.05, 0) is 67.8 Å². The van der Waals surface area contributed by atoms with Crippen molar-refractivity contribution in [1.82, 2.24) is 10.2 Å². The van der Waals surface area contributed by atoms with Crippen LogP contribution in [-0.4, -0.2) is 23.9 Å². The van der Waals surface area contributed by atoms with E-state index in [1.54, 1.807) is 0 Å². The first-order valence-electron chi connectivity index (χ1n) is 12.7. The Morgan fingerprint density at radius 2 is 1.03 bits per heavy atom. The first-order valence-corrected chi connectivity index (χ1v) is 14.5. The number of amides is 1. The molecule has 0 spiro atoms. The van der Waals surface area contributed by atoms with E-state index in [9.17, 15) is 4.79 Å². The zero-order valence-corrected chi connectivity index (χ0v) is 21.4. The third-order valence-corrected chi connectivity index (χ3v) is 10.9. The summed E-state index contributed by atoms with van der Waals surface area (Å²) in [5.41, 5.74) is 1.64. The first-order chi connectivity index (χ1) is 17.8. The van der Waals surface area contributed by atoms with Crippen molar-refractivity contribution < 1.29 is 4.79 Å². The largest absolute Gasteiger partial charge is 0.373 e. The molecular formula is C32H32N2OP+. The van der Waals surface area contributed by atoms with Gasteiger partial charge in [0.1, 0.15) is 15.9 Å². The summed E-state index contributed by atoms with van der Waals surface area (Å²) in [6.07, 6.45) is 5.85. The molecule has 1 amide bonds. The van der Waals surface area contributed by atoms with Crippen LogP contribution in [0.25, 0.3) is 0 Å². The van der Waals surface area contributed by atoms with Crippen molar-refractivity contribution in [2.24, 2.45) is 0 Å². The Morgan fingerprint density at radius 1 is 0.611 bits per heavy atom. The Bertz CT molecular complexity index is 1190. The fourth-order valence-electron chi connectivity index (χ4n) is 5.02. The molecule has 1 N–H and O–H groups in total. The summed E-state index contributed by atoms with van der Waals surface area (Å²) >= 11 is 0. The minimum atomic E-state index is -2.42. The van der Waals surface area contributed by atoms with Gasteiger partial charge in [0.2, 0.25) is 0 Å². The van der Waals surface area contributed by atoms with E-state index in [2.05, 4.69) is 107 Å². The molecule has 0 unspecified atom stereocenters. The Hall–Kier alpha value is -3.68. The number of benzene rings is 4. The van der Waals surface area contributed by atoms with E-state index in [1.807, 2.05) is 30.3 Å². The van der Waals surface area contributed by atoms with Gasteiger partial charge in [-0.25, -0.2) is 0 Å². The summed E-state index contributed by atoms with van der Waals surface area (Å²) < 4.78 is 0. The molecule has 1 fully saturated rings. The summed E-state index contributed by atoms with van der Waals surface area (Å²) in [6.45, 7) is 2.01. The zero-order chi connectivity index (χ0) is 24.6. The second-order valence-electron chi connectivity index (χ2n) is 9.11. The molecule has 1 saturated heterocycles. The van der Waals surface area contributed by atoms with E-state index in [0.717, 1.165) is 18.5 Å². The fourth-order valence-corrected chi connectivity index (χ4v) is 9.21. The molecule has 180 valence electrons. The summed E-state index contributed by atoms with van der Waals surface area (Å²) in [4.78, 5) is 16.1. The molecule has 0 saturated carbocycles. The number of likely N-dealkylation sites (tertiary alicyclic amines) is 1. The van der Waals surface area contributed by atoms with Crippen LogP contribution in [0.4, 0.5) is 0 Å². The SMILES string of the molecule is O=C(N/C(=C\N1CCCCC1)[P+](c1ccccc1)(c1ccccc1)c1ccccc1)c1ccccc1. The predicted molar refractivity (Wildman–Crippen MR) is 153 cm³/mol. The van der Waals surface area contributed by atoms with Gasteiger partial charge in [0.05, 0.1) is 6.20 Å². The highest BCUT2D eigenvalue weighted by atomic mass is 31.2. The average Bonchev–Trinajstić information content (AvgIpc) is 2.96. The number of rotatable bonds is 7. The maximum atomic E-state index is 13.7. The molecule has 1 aliphatic rings. The summed E-state index contributed by atoms with van der Waals surface area (Å²) in [6, 6.07) is 41.6. The number of piperidine rings is 1. The third kappa shape index (κ3) is 4.98. The molecule has 1 heterocycles. The average molecular weight is 492 g/mol. The number of hydrogen-bond donors (Lipinski definition) is 1. The Balaban J connectivity index is 1.77. The van der Waals surface area contributed by atoms with Crippen molar-refractivity contribution in [1.29, 1.82) is 0 Å². The molecule has 1 aliphatic heterocycles. The van der Waals surface area contributed by atoms with Crippen molar-refractivity contribution in [3.8, 4) is 0 Å². The number of hydrogen-bond acceptors (Lipinski definition) is 2. The Kier molecular flexibility index (Phi) is 7.59. The molecule has 3 nitrogen and oxygen atoms in total. The Labute approximate surface area is 214 Å². The van der Waals surface area contributed by atoms with Gasteiger partial charge >= 0.3 is 0 Å². The van der Waals surface area contributed by atoms with E-state index in [4.69, 9.17) is 0 Å². The molecule has 4 aromatic rings. The van der Waals surface area contributed by atoms with Crippen molar-refractivity contribution in [3.63, 3.8) is 0 Å². The van der Waals surface area contributed by atoms with Crippen molar-refractivity contribution in [2.45, 2.75) is 19.3 Å².